The monoisotopic (exact) mass is 264 g/mol. The van der Waals surface area contributed by atoms with Gasteiger partial charge in [-0.25, -0.2) is 8.78 Å². The molecule has 0 saturated heterocycles. The van der Waals surface area contributed by atoms with Gasteiger partial charge in [0.2, 0.25) is 6.79 Å². The molecule has 2 aromatic carbocycles. The van der Waals surface area contributed by atoms with E-state index in [1.54, 1.807) is 18.2 Å². The number of nitrogen functional groups attached to an aromatic ring is 1. The van der Waals surface area contributed by atoms with E-state index in [1.807, 2.05) is 0 Å². The van der Waals surface area contributed by atoms with Gasteiger partial charge < -0.3 is 20.5 Å². The zero-order chi connectivity index (χ0) is 13.4. The van der Waals surface area contributed by atoms with E-state index >= 15 is 0 Å². The van der Waals surface area contributed by atoms with Crippen LogP contribution in [0.15, 0.2) is 30.3 Å². The first-order valence-electron chi connectivity index (χ1n) is 5.54. The third-order valence-electron chi connectivity index (χ3n) is 2.75. The molecule has 1 aliphatic rings. The fourth-order valence-corrected chi connectivity index (χ4v) is 1.82. The summed E-state index contributed by atoms with van der Waals surface area (Å²) in [5.74, 6) is -0.303. The molecule has 4 nitrogen and oxygen atoms in total. The van der Waals surface area contributed by atoms with E-state index in [4.69, 9.17) is 15.2 Å². The molecule has 0 aromatic heterocycles. The number of benzene rings is 2. The molecule has 0 aliphatic carbocycles. The van der Waals surface area contributed by atoms with E-state index in [0.717, 1.165) is 12.1 Å². The van der Waals surface area contributed by atoms with Crippen LogP contribution in [0.4, 0.5) is 25.8 Å². The SMILES string of the molecule is Nc1c(F)cc(F)cc1Nc1ccc2c(c1)OCO2. The van der Waals surface area contributed by atoms with Gasteiger partial charge in [-0.15, -0.1) is 0 Å². The minimum Gasteiger partial charge on any atom is -0.454 e. The summed E-state index contributed by atoms with van der Waals surface area (Å²) in [5, 5.41) is 2.84. The molecule has 6 heteroatoms. The Hall–Kier alpha value is -2.50. The molecule has 3 N–H and O–H groups in total. The molecular weight excluding hydrogens is 254 g/mol. The summed E-state index contributed by atoms with van der Waals surface area (Å²) in [5.41, 5.74) is 6.17. The number of nitrogens with two attached hydrogens (primary N) is 1. The summed E-state index contributed by atoms with van der Waals surface area (Å²) in [4.78, 5) is 0. The topological polar surface area (TPSA) is 56.5 Å². The number of hydrogen-bond donors (Lipinski definition) is 2. The van der Waals surface area contributed by atoms with E-state index in [2.05, 4.69) is 5.32 Å². The van der Waals surface area contributed by atoms with Gasteiger partial charge in [-0.1, -0.05) is 0 Å². The lowest BCUT2D eigenvalue weighted by atomic mass is 10.2. The number of halogens is 2. The van der Waals surface area contributed by atoms with Gasteiger partial charge in [0.1, 0.15) is 5.82 Å². The van der Waals surface area contributed by atoms with Crippen LogP contribution < -0.4 is 20.5 Å². The van der Waals surface area contributed by atoms with E-state index in [9.17, 15) is 8.78 Å². The zero-order valence-electron chi connectivity index (χ0n) is 9.74. The number of rotatable bonds is 2. The predicted octanol–water partition coefficient (Wildman–Crippen LogP) is 3.02. The van der Waals surface area contributed by atoms with Crippen molar-refractivity contribution in [1.82, 2.24) is 0 Å². The Morgan fingerprint density at radius 3 is 2.68 bits per heavy atom. The van der Waals surface area contributed by atoms with Crippen LogP contribution in [0.3, 0.4) is 0 Å². The van der Waals surface area contributed by atoms with E-state index in [1.165, 1.54) is 0 Å². The number of fused-ring (bicyclic) bond motifs is 1. The molecule has 2 aromatic rings. The zero-order valence-corrected chi connectivity index (χ0v) is 9.74. The molecule has 1 heterocycles. The fourth-order valence-electron chi connectivity index (χ4n) is 1.82. The quantitative estimate of drug-likeness (QED) is 0.819. The lowest BCUT2D eigenvalue weighted by Gasteiger charge is -2.10. The Morgan fingerprint density at radius 1 is 1.05 bits per heavy atom. The summed E-state index contributed by atoms with van der Waals surface area (Å²) in [7, 11) is 0. The maximum absolute atomic E-state index is 13.3. The highest BCUT2D eigenvalue weighted by Gasteiger charge is 2.14. The van der Waals surface area contributed by atoms with Gasteiger partial charge in [-0.3, -0.25) is 0 Å². The van der Waals surface area contributed by atoms with Gasteiger partial charge >= 0.3 is 0 Å². The number of nitrogens with one attached hydrogen (secondary N) is 1. The van der Waals surface area contributed by atoms with Gasteiger partial charge in [-0.05, 0) is 18.2 Å². The smallest absolute Gasteiger partial charge is 0.231 e. The third kappa shape index (κ3) is 2.12. The van der Waals surface area contributed by atoms with Crippen LogP contribution in [-0.2, 0) is 0 Å². The van der Waals surface area contributed by atoms with Crippen LogP contribution in [-0.4, -0.2) is 6.79 Å². The van der Waals surface area contributed by atoms with Crippen molar-refractivity contribution >= 4 is 17.1 Å². The first-order chi connectivity index (χ1) is 9.13. The Labute approximate surface area is 107 Å². The van der Waals surface area contributed by atoms with Crippen molar-refractivity contribution in [1.29, 1.82) is 0 Å². The van der Waals surface area contributed by atoms with Gasteiger partial charge in [0.15, 0.2) is 17.3 Å². The largest absolute Gasteiger partial charge is 0.454 e. The Morgan fingerprint density at radius 2 is 1.84 bits per heavy atom. The summed E-state index contributed by atoms with van der Waals surface area (Å²) in [6.45, 7) is 0.162. The molecule has 0 saturated carbocycles. The van der Waals surface area contributed by atoms with Crippen LogP contribution >= 0.6 is 0 Å². The van der Waals surface area contributed by atoms with Gasteiger partial charge in [0, 0.05) is 17.8 Å². The molecule has 0 atom stereocenters. The molecule has 98 valence electrons. The average Bonchev–Trinajstić information content (AvgIpc) is 2.82. The van der Waals surface area contributed by atoms with Crippen molar-refractivity contribution in [2.75, 3.05) is 17.8 Å². The highest BCUT2D eigenvalue weighted by Crippen LogP contribution is 2.36. The first-order valence-corrected chi connectivity index (χ1v) is 5.54. The summed E-state index contributed by atoms with van der Waals surface area (Å²) in [6.07, 6.45) is 0. The van der Waals surface area contributed by atoms with Gasteiger partial charge in [0.25, 0.3) is 0 Å². The molecule has 0 fully saturated rings. The molecule has 1 aliphatic heterocycles. The normalized spacial score (nSPS) is 12.5. The van der Waals surface area contributed by atoms with E-state index in [0.29, 0.717) is 17.2 Å². The van der Waals surface area contributed by atoms with Crippen molar-refractivity contribution in [2.24, 2.45) is 0 Å². The molecule has 0 amide bonds. The summed E-state index contributed by atoms with van der Waals surface area (Å²) in [6, 6.07) is 6.94. The highest BCUT2D eigenvalue weighted by molar-refractivity contribution is 5.74. The summed E-state index contributed by atoms with van der Waals surface area (Å²) >= 11 is 0. The minimum atomic E-state index is -0.803. The Kier molecular flexibility index (Phi) is 2.63. The Bertz CT molecular complexity index is 647. The Balaban J connectivity index is 1.93. The van der Waals surface area contributed by atoms with Crippen molar-refractivity contribution in [3.8, 4) is 11.5 Å². The maximum atomic E-state index is 13.3. The second-order valence-electron chi connectivity index (χ2n) is 4.04. The third-order valence-corrected chi connectivity index (χ3v) is 2.75. The lowest BCUT2D eigenvalue weighted by Crippen LogP contribution is -2.00. The van der Waals surface area contributed by atoms with Crippen LogP contribution in [0.5, 0.6) is 11.5 Å². The second-order valence-corrected chi connectivity index (χ2v) is 4.04. The summed E-state index contributed by atoms with van der Waals surface area (Å²) < 4.78 is 36.8. The van der Waals surface area contributed by atoms with Crippen molar-refractivity contribution in [3.63, 3.8) is 0 Å². The van der Waals surface area contributed by atoms with Crippen LogP contribution in [0, 0.1) is 11.6 Å². The van der Waals surface area contributed by atoms with E-state index in [-0.39, 0.29) is 18.2 Å². The number of ether oxygens (including phenoxy) is 2. The number of anilines is 3. The first kappa shape index (κ1) is 11.6. The minimum absolute atomic E-state index is 0.140. The molecule has 0 radical (unpaired) electrons. The molecule has 0 bridgehead atoms. The molecule has 0 spiro atoms. The fraction of sp³-hybridized carbons (Fsp3) is 0.0769. The lowest BCUT2D eigenvalue weighted by molar-refractivity contribution is 0.174. The van der Waals surface area contributed by atoms with Crippen LogP contribution in [0.1, 0.15) is 0 Å². The van der Waals surface area contributed by atoms with Crippen molar-refractivity contribution < 1.29 is 18.3 Å². The standard InChI is InChI=1S/C13H10F2N2O2/c14-7-3-9(15)13(16)10(4-7)17-8-1-2-11-12(5-8)19-6-18-11/h1-5,17H,6,16H2. The van der Waals surface area contributed by atoms with E-state index < -0.39 is 11.6 Å². The van der Waals surface area contributed by atoms with Crippen LogP contribution in [0.25, 0.3) is 0 Å². The predicted molar refractivity (Wildman–Crippen MR) is 66.6 cm³/mol. The second kappa shape index (κ2) is 4.31. The average molecular weight is 264 g/mol. The highest BCUT2D eigenvalue weighted by atomic mass is 19.1. The van der Waals surface area contributed by atoms with Gasteiger partial charge in [0.05, 0.1) is 11.4 Å². The molecule has 19 heavy (non-hydrogen) atoms. The molecular formula is C13H10F2N2O2. The van der Waals surface area contributed by atoms with Crippen LogP contribution in [0.2, 0.25) is 0 Å². The van der Waals surface area contributed by atoms with Crippen molar-refractivity contribution in [2.45, 2.75) is 0 Å². The van der Waals surface area contributed by atoms with Crippen molar-refractivity contribution in [3.05, 3.63) is 42.0 Å². The molecule has 3 rings (SSSR count). The maximum Gasteiger partial charge on any atom is 0.231 e. The van der Waals surface area contributed by atoms with Gasteiger partial charge in [-0.2, -0.15) is 0 Å². The number of hydrogen-bond acceptors (Lipinski definition) is 4. The molecule has 0 unspecified atom stereocenters.